The molecule has 1 aromatic carbocycles. The van der Waals surface area contributed by atoms with Crippen molar-refractivity contribution in [2.45, 2.75) is 45.6 Å². The van der Waals surface area contributed by atoms with E-state index >= 15 is 0 Å². The molecule has 150 valence electrons. The van der Waals surface area contributed by atoms with E-state index < -0.39 is 6.09 Å². The Kier molecular flexibility index (Phi) is 8.23. The van der Waals surface area contributed by atoms with E-state index in [-0.39, 0.29) is 6.03 Å². The van der Waals surface area contributed by atoms with E-state index in [4.69, 9.17) is 10.5 Å². The number of nitrogens with zero attached hydrogens (tertiary/aromatic N) is 1. The summed E-state index contributed by atoms with van der Waals surface area (Å²) in [7, 11) is 0. The van der Waals surface area contributed by atoms with Crippen molar-refractivity contribution in [1.82, 2.24) is 10.2 Å². The standard InChI is InChI=1S/C20H32N4O3/c1-15(2)7-11-22-20(26)24-12-8-18(9-13-24)23-17-5-3-16(4-6-17)10-14-27-19(21)25/h3-6,15,18,23H,7-14H2,1-2H3,(H2,21,25)(H,22,26). The molecule has 1 aromatic rings. The Balaban J connectivity index is 1.69. The van der Waals surface area contributed by atoms with E-state index in [2.05, 4.69) is 24.5 Å². The monoisotopic (exact) mass is 376 g/mol. The number of primary amides is 1. The highest BCUT2D eigenvalue weighted by Crippen LogP contribution is 2.17. The lowest BCUT2D eigenvalue weighted by molar-refractivity contribution is 0.158. The fraction of sp³-hybridized carbons (Fsp3) is 0.600. The molecule has 0 saturated carbocycles. The number of piperidine rings is 1. The van der Waals surface area contributed by atoms with Gasteiger partial charge < -0.3 is 26.0 Å². The lowest BCUT2D eigenvalue weighted by Crippen LogP contribution is -2.47. The summed E-state index contributed by atoms with van der Waals surface area (Å²) in [5.41, 5.74) is 7.11. The minimum atomic E-state index is -0.742. The van der Waals surface area contributed by atoms with Gasteiger partial charge in [-0.25, -0.2) is 9.59 Å². The van der Waals surface area contributed by atoms with Crippen LogP contribution in [0.25, 0.3) is 0 Å². The lowest BCUT2D eigenvalue weighted by atomic mass is 10.0. The molecule has 0 atom stereocenters. The van der Waals surface area contributed by atoms with Crippen LogP contribution in [0.15, 0.2) is 24.3 Å². The van der Waals surface area contributed by atoms with Gasteiger partial charge >= 0.3 is 12.1 Å². The fourth-order valence-electron chi connectivity index (χ4n) is 3.08. The van der Waals surface area contributed by atoms with Crippen molar-refractivity contribution in [1.29, 1.82) is 0 Å². The number of hydrogen-bond acceptors (Lipinski definition) is 4. The van der Waals surface area contributed by atoms with Crippen LogP contribution in [0.3, 0.4) is 0 Å². The zero-order chi connectivity index (χ0) is 19.6. The first kappa shape index (κ1) is 20.9. The second-order valence-electron chi connectivity index (χ2n) is 7.43. The van der Waals surface area contributed by atoms with Crippen molar-refractivity contribution in [2.24, 2.45) is 11.7 Å². The average molecular weight is 377 g/mol. The van der Waals surface area contributed by atoms with Gasteiger partial charge in [0.2, 0.25) is 0 Å². The van der Waals surface area contributed by atoms with Crippen molar-refractivity contribution < 1.29 is 14.3 Å². The Morgan fingerprint density at radius 2 is 1.89 bits per heavy atom. The molecule has 2 rings (SSSR count). The third-order valence-corrected chi connectivity index (χ3v) is 4.74. The minimum absolute atomic E-state index is 0.0524. The Labute approximate surface area is 161 Å². The van der Waals surface area contributed by atoms with Gasteiger partial charge in [-0.2, -0.15) is 0 Å². The van der Waals surface area contributed by atoms with Gasteiger partial charge in [0.05, 0.1) is 6.61 Å². The molecule has 27 heavy (non-hydrogen) atoms. The number of nitrogens with two attached hydrogens (primary N) is 1. The molecule has 7 heteroatoms. The first-order valence-electron chi connectivity index (χ1n) is 9.74. The zero-order valence-electron chi connectivity index (χ0n) is 16.4. The average Bonchev–Trinajstić information content (AvgIpc) is 2.63. The topological polar surface area (TPSA) is 96.7 Å². The predicted molar refractivity (Wildman–Crippen MR) is 107 cm³/mol. The smallest absolute Gasteiger partial charge is 0.404 e. The number of ether oxygens (including phenoxy) is 1. The van der Waals surface area contributed by atoms with Gasteiger partial charge in [-0.15, -0.1) is 0 Å². The van der Waals surface area contributed by atoms with Crippen molar-refractivity contribution >= 4 is 17.8 Å². The van der Waals surface area contributed by atoms with Crippen LogP contribution in [0.1, 0.15) is 38.7 Å². The van der Waals surface area contributed by atoms with Crippen LogP contribution in [0.2, 0.25) is 0 Å². The molecule has 0 unspecified atom stereocenters. The summed E-state index contributed by atoms with van der Waals surface area (Å²) in [4.78, 5) is 24.6. The Bertz CT molecular complexity index is 596. The lowest BCUT2D eigenvalue weighted by Gasteiger charge is -2.33. The SMILES string of the molecule is CC(C)CCNC(=O)N1CCC(Nc2ccc(CCOC(N)=O)cc2)CC1. The van der Waals surface area contributed by atoms with Crippen molar-refractivity contribution in [3.05, 3.63) is 29.8 Å². The summed E-state index contributed by atoms with van der Waals surface area (Å²) in [6.45, 7) is 6.89. The zero-order valence-corrected chi connectivity index (χ0v) is 16.4. The number of likely N-dealkylation sites (tertiary alicyclic amines) is 1. The maximum atomic E-state index is 12.2. The number of amides is 3. The molecule has 0 bridgehead atoms. The summed E-state index contributed by atoms with van der Waals surface area (Å²) >= 11 is 0. The van der Waals surface area contributed by atoms with Crippen LogP contribution in [-0.4, -0.2) is 49.3 Å². The molecule has 0 aromatic heterocycles. The van der Waals surface area contributed by atoms with Crippen LogP contribution >= 0.6 is 0 Å². The highest BCUT2D eigenvalue weighted by molar-refractivity contribution is 5.74. The number of rotatable bonds is 8. The third kappa shape index (κ3) is 7.76. The van der Waals surface area contributed by atoms with Crippen LogP contribution in [-0.2, 0) is 11.2 Å². The molecule has 4 N–H and O–H groups in total. The van der Waals surface area contributed by atoms with Crippen molar-refractivity contribution in [3.63, 3.8) is 0 Å². The van der Waals surface area contributed by atoms with Gasteiger partial charge in [0.25, 0.3) is 0 Å². The predicted octanol–water partition coefficient (Wildman–Crippen LogP) is 2.96. The van der Waals surface area contributed by atoms with E-state index in [1.807, 2.05) is 29.2 Å². The minimum Gasteiger partial charge on any atom is -0.449 e. The fourth-order valence-corrected chi connectivity index (χ4v) is 3.08. The Morgan fingerprint density at radius 3 is 2.48 bits per heavy atom. The van der Waals surface area contributed by atoms with Gasteiger partial charge in [0.1, 0.15) is 0 Å². The molecule has 0 radical (unpaired) electrons. The molecular formula is C20H32N4O3. The van der Waals surface area contributed by atoms with E-state index in [0.29, 0.717) is 25.0 Å². The molecule has 0 spiro atoms. The number of benzene rings is 1. The van der Waals surface area contributed by atoms with Crippen LogP contribution in [0.5, 0.6) is 0 Å². The molecule has 0 aliphatic carbocycles. The normalized spacial score (nSPS) is 14.9. The number of nitrogens with one attached hydrogen (secondary N) is 2. The Morgan fingerprint density at radius 1 is 1.22 bits per heavy atom. The molecule has 1 aliphatic heterocycles. The van der Waals surface area contributed by atoms with E-state index in [1.54, 1.807) is 0 Å². The van der Waals surface area contributed by atoms with Gasteiger partial charge in [-0.1, -0.05) is 26.0 Å². The molecule has 7 nitrogen and oxygen atoms in total. The largest absolute Gasteiger partial charge is 0.449 e. The number of carbonyl (C=O) groups is 2. The number of carbonyl (C=O) groups excluding carboxylic acids is 2. The first-order valence-corrected chi connectivity index (χ1v) is 9.74. The number of urea groups is 1. The maximum absolute atomic E-state index is 12.2. The quantitative estimate of drug-likeness (QED) is 0.650. The van der Waals surface area contributed by atoms with Gasteiger partial charge in [-0.05, 0) is 42.9 Å². The second kappa shape index (κ2) is 10.6. The summed E-state index contributed by atoms with van der Waals surface area (Å²) in [5, 5.41) is 6.54. The van der Waals surface area contributed by atoms with E-state index in [0.717, 1.165) is 50.1 Å². The number of hydrogen-bond donors (Lipinski definition) is 3. The van der Waals surface area contributed by atoms with Gasteiger partial charge in [0, 0.05) is 37.8 Å². The van der Waals surface area contributed by atoms with E-state index in [1.165, 1.54) is 0 Å². The molecular weight excluding hydrogens is 344 g/mol. The molecule has 1 aliphatic rings. The highest BCUT2D eigenvalue weighted by Gasteiger charge is 2.22. The number of anilines is 1. The summed E-state index contributed by atoms with van der Waals surface area (Å²) < 4.78 is 4.75. The molecule has 1 heterocycles. The molecule has 1 saturated heterocycles. The summed E-state index contributed by atoms with van der Waals surface area (Å²) in [6.07, 6.45) is 2.78. The Hall–Kier alpha value is -2.44. The van der Waals surface area contributed by atoms with Crippen LogP contribution < -0.4 is 16.4 Å². The van der Waals surface area contributed by atoms with Gasteiger partial charge in [-0.3, -0.25) is 0 Å². The maximum Gasteiger partial charge on any atom is 0.404 e. The first-order chi connectivity index (χ1) is 12.9. The molecule has 1 fully saturated rings. The summed E-state index contributed by atoms with van der Waals surface area (Å²) in [6, 6.07) is 8.52. The van der Waals surface area contributed by atoms with Crippen LogP contribution in [0.4, 0.5) is 15.3 Å². The van der Waals surface area contributed by atoms with E-state index in [9.17, 15) is 9.59 Å². The summed E-state index contributed by atoms with van der Waals surface area (Å²) in [5.74, 6) is 0.599. The van der Waals surface area contributed by atoms with Crippen molar-refractivity contribution in [2.75, 3.05) is 31.6 Å². The molecule has 3 amide bonds. The van der Waals surface area contributed by atoms with Crippen LogP contribution in [0, 0.1) is 5.92 Å². The second-order valence-corrected chi connectivity index (χ2v) is 7.43. The van der Waals surface area contributed by atoms with Gasteiger partial charge in [0.15, 0.2) is 0 Å². The van der Waals surface area contributed by atoms with Crippen molar-refractivity contribution in [3.8, 4) is 0 Å². The highest BCUT2D eigenvalue weighted by atomic mass is 16.5. The third-order valence-electron chi connectivity index (χ3n) is 4.74.